The van der Waals surface area contributed by atoms with E-state index in [9.17, 15) is 4.79 Å². The zero-order valence-electron chi connectivity index (χ0n) is 18.4. The maximum Gasteiger partial charge on any atom is 0.258 e. The summed E-state index contributed by atoms with van der Waals surface area (Å²) < 4.78 is 7.69. The molecule has 0 bridgehead atoms. The Bertz CT molecular complexity index is 1120. The summed E-state index contributed by atoms with van der Waals surface area (Å²) in [5, 5.41) is 13.8. The van der Waals surface area contributed by atoms with Crippen molar-refractivity contribution in [2.24, 2.45) is 0 Å². The second kappa shape index (κ2) is 8.51. The first kappa shape index (κ1) is 20.3. The highest BCUT2D eigenvalue weighted by molar-refractivity contribution is 5.80. The number of piperidine rings is 1. The summed E-state index contributed by atoms with van der Waals surface area (Å²) in [5.74, 6) is 0.765. The maximum atomic E-state index is 13.3. The van der Waals surface area contributed by atoms with Crippen LogP contribution in [0.2, 0.25) is 0 Å². The van der Waals surface area contributed by atoms with E-state index in [-0.39, 0.29) is 17.7 Å². The molecule has 0 radical (unpaired) electrons. The van der Waals surface area contributed by atoms with Crippen LogP contribution in [0.15, 0.2) is 23.0 Å². The molecule has 2 fully saturated rings. The number of hydrogen-bond donors (Lipinski definition) is 2. The van der Waals surface area contributed by atoms with Crippen molar-refractivity contribution in [2.45, 2.75) is 64.6 Å². The molecular formula is C23H31N6O2+. The lowest BCUT2D eigenvalue weighted by Gasteiger charge is -2.30. The minimum absolute atomic E-state index is 0.0505. The summed E-state index contributed by atoms with van der Waals surface area (Å²) in [4.78, 5) is 17.8. The van der Waals surface area contributed by atoms with Crippen molar-refractivity contribution in [3.05, 3.63) is 51.1 Å². The van der Waals surface area contributed by atoms with Crippen LogP contribution in [0.4, 0.5) is 0 Å². The van der Waals surface area contributed by atoms with Gasteiger partial charge in [-0.25, -0.2) is 4.68 Å². The van der Waals surface area contributed by atoms with E-state index in [2.05, 4.69) is 52.6 Å². The lowest BCUT2D eigenvalue weighted by Crippen LogP contribution is -3.13. The number of fused-ring (bicyclic) bond motifs is 1. The molecule has 8 heteroatoms. The van der Waals surface area contributed by atoms with Crippen molar-refractivity contribution in [1.29, 1.82) is 0 Å². The molecule has 2 saturated heterocycles. The maximum absolute atomic E-state index is 13.3. The summed E-state index contributed by atoms with van der Waals surface area (Å²) in [5.41, 5.74) is 3.97. The number of nitrogens with zero attached hydrogens (tertiary/aromatic N) is 4. The number of aryl methyl sites for hydroxylation is 2. The van der Waals surface area contributed by atoms with Gasteiger partial charge in [0.2, 0.25) is 5.82 Å². The van der Waals surface area contributed by atoms with Crippen molar-refractivity contribution < 1.29 is 9.64 Å². The zero-order valence-corrected chi connectivity index (χ0v) is 18.4. The summed E-state index contributed by atoms with van der Waals surface area (Å²) >= 11 is 0. The second-order valence-electron chi connectivity index (χ2n) is 9.08. The number of aromatic amines is 1. The molecule has 8 nitrogen and oxygen atoms in total. The van der Waals surface area contributed by atoms with Crippen molar-refractivity contribution in [1.82, 2.24) is 25.2 Å². The quantitative estimate of drug-likeness (QED) is 0.649. The SMILES string of the molecule is Cc1cc2cc([C@H](c3nnnn3C[C@@H]3CCCO3)[NH+]3CCCCC3)c(=O)[nH]c2cc1C. The van der Waals surface area contributed by atoms with Gasteiger partial charge >= 0.3 is 0 Å². The molecule has 3 aromatic rings. The van der Waals surface area contributed by atoms with E-state index in [1.165, 1.54) is 22.4 Å². The van der Waals surface area contributed by atoms with E-state index in [1.54, 1.807) is 0 Å². The number of likely N-dealkylation sites (tertiary alicyclic amines) is 1. The number of rotatable bonds is 5. The number of tetrazole rings is 1. The molecule has 164 valence electrons. The third-order valence-corrected chi connectivity index (χ3v) is 6.92. The highest BCUT2D eigenvalue weighted by Gasteiger charge is 2.35. The first-order valence-electron chi connectivity index (χ1n) is 11.5. The van der Waals surface area contributed by atoms with Crippen molar-refractivity contribution in [3.8, 4) is 0 Å². The molecule has 0 spiro atoms. The average molecular weight is 424 g/mol. The van der Waals surface area contributed by atoms with Gasteiger partial charge in [0.05, 0.1) is 31.3 Å². The van der Waals surface area contributed by atoms with Crippen LogP contribution in [0.5, 0.6) is 0 Å². The van der Waals surface area contributed by atoms with Crippen LogP contribution in [0.3, 0.4) is 0 Å². The average Bonchev–Trinajstić information content (AvgIpc) is 3.44. The Morgan fingerprint density at radius 1 is 1.16 bits per heavy atom. The lowest BCUT2D eigenvalue weighted by molar-refractivity contribution is -0.931. The predicted molar refractivity (Wildman–Crippen MR) is 117 cm³/mol. The van der Waals surface area contributed by atoms with Crippen LogP contribution < -0.4 is 10.5 Å². The number of aromatic nitrogens is 5. The molecule has 2 aliphatic heterocycles. The Morgan fingerprint density at radius 3 is 2.74 bits per heavy atom. The van der Waals surface area contributed by atoms with E-state index in [0.717, 1.165) is 67.7 Å². The Hall–Kier alpha value is -2.58. The third kappa shape index (κ3) is 4.02. The number of H-pyrrole nitrogens is 1. The number of pyridine rings is 1. The van der Waals surface area contributed by atoms with Crippen LogP contribution >= 0.6 is 0 Å². The van der Waals surface area contributed by atoms with Gasteiger partial charge < -0.3 is 14.6 Å². The smallest absolute Gasteiger partial charge is 0.258 e. The number of hydrogen-bond acceptors (Lipinski definition) is 5. The van der Waals surface area contributed by atoms with Gasteiger partial charge in [-0.2, -0.15) is 0 Å². The van der Waals surface area contributed by atoms with Gasteiger partial charge in [0.25, 0.3) is 5.56 Å². The topological polar surface area (TPSA) is 90.1 Å². The van der Waals surface area contributed by atoms with Gasteiger partial charge in [0.15, 0.2) is 6.04 Å². The van der Waals surface area contributed by atoms with Gasteiger partial charge in [-0.15, -0.1) is 5.10 Å². The normalized spacial score (nSPS) is 21.0. The number of nitrogens with one attached hydrogen (secondary N) is 2. The van der Waals surface area contributed by atoms with E-state index in [0.29, 0.717) is 6.54 Å². The monoisotopic (exact) mass is 423 g/mol. The second-order valence-corrected chi connectivity index (χ2v) is 9.08. The highest BCUT2D eigenvalue weighted by Crippen LogP contribution is 2.23. The minimum atomic E-state index is -0.188. The fourth-order valence-corrected chi connectivity index (χ4v) is 5.07. The molecule has 2 aliphatic rings. The molecule has 2 N–H and O–H groups in total. The number of ether oxygens (including phenoxy) is 1. The fourth-order valence-electron chi connectivity index (χ4n) is 5.07. The molecule has 4 heterocycles. The Kier molecular flexibility index (Phi) is 5.58. The van der Waals surface area contributed by atoms with E-state index < -0.39 is 0 Å². The predicted octanol–water partition coefficient (Wildman–Crippen LogP) is 1.47. The molecule has 31 heavy (non-hydrogen) atoms. The Balaban J connectivity index is 1.61. The van der Waals surface area contributed by atoms with E-state index >= 15 is 0 Å². The first-order chi connectivity index (χ1) is 15.1. The van der Waals surface area contributed by atoms with Gasteiger partial charge in [-0.05, 0) is 91.1 Å². The zero-order chi connectivity index (χ0) is 21.4. The van der Waals surface area contributed by atoms with Gasteiger partial charge in [0.1, 0.15) is 0 Å². The molecule has 2 atom stereocenters. The number of quaternary nitrogens is 1. The summed E-state index contributed by atoms with van der Waals surface area (Å²) in [7, 11) is 0. The lowest BCUT2D eigenvalue weighted by atomic mass is 9.99. The molecular weight excluding hydrogens is 392 g/mol. The van der Waals surface area contributed by atoms with Gasteiger partial charge in [-0.3, -0.25) is 4.79 Å². The van der Waals surface area contributed by atoms with Gasteiger partial charge in [-0.1, -0.05) is 0 Å². The van der Waals surface area contributed by atoms with Crippen molar-refractivity contribution in [3.63, 3.8) is 0 Å². The molecule has 1 aromatic carbocycles. The summed E-state index contributed by atoms with van der Waals surface area (Å²) in [6.45, 7) is 7.64. The molecule has 0 amide bonds. The van der Waals surface area contributed by atoms with Crippen LogP contribution in [0.1, 0.15) is 60.7 Å². The molecule has 0 aliphatic carbocycles. The summed E-state index contributed by atoms with van der Waals surface area (Å²) in [6, 6.07) is 6.08. The Labute approximate surface area is 181 Å². The van der Waals surface area contributed by atoms with E-state index in [1.807, 2.05) is 4.68 Å². The summed E-state index contributed by atoms with van der Waals surface area (Å²) in [6.07, 6.45) is 5.79. The molecule has 5 rings (SSSR count). The van der Waals surface area contributed by atoms with E-state index in [4.69, 9.17) is 4.74 Å². The molecule has 0 saturated carbocycles. The molecule has 0 unspecified atom stereocenters. The minimum Gasteiger partial charge on any atom is -0.376 e. The van der Waals surface area contributed by atoms with Crippen LogP contribution in [-0.2, 0) is 11.3 Å². The first-order valence-corrected chi connectivity index (χ1v) is 11.5. The van der Waals surface area contributed by atoms with Gasteiger partial charge in [0, 0.05) is 12.1 Å². The molecule has 2 aromatic heterocycles. The fraction of sp³-hybridized carbons (Fsp3) is 0.565. The standard InChI is InChI=1S/C23H30N6O2/c1-15-11-17-13-19(23(30)24-20(17)12-16(15)2)21(28-8-4-3-5-9-28)22-25-26-27-29(22)14-18-7-6-10-31-18/h11-13,18,21H,3-10,14H2,1-2H3,(H,24,30)/p+1/t18-,21+/m0/s1. The van der Waals surface area contributed by atoms with Crippen molar-refractivity contribution >= 4 is 10.9 Å². The van der Waals surface area contributed by atoms with Crippen LogP contribution in [0.25, 0.3) is 10.9 Å². The van der Waals surface area contributed by atoms with Crippen molar-refractivity contribution in [2.75, 3.05) is 19.7 Å². The largest absolute Gasteiger partial charge is 0.376 e. The Morgan fingerprint density at radius 2 is 1.97 bits per heavy atom. The third-order valence-electron chi connectivity index (χ3n) is 6.92. The highest BCUT2D eigenvalue weighted by atomic mass is 16.5. The van der Waals surface area contributed by atoms with Crippen LogP contribution in [-0.4, -0.2) is 51.0 Å². The number of benzene rings is 1. The van der Waals surface area contributed by atoms with Crippen LogP contribution in [0, 0.1) is 13.8 Å².